The average molecular weight is 182 g/mol. The van der Waals surface area contributed by atoms with Crippen LogP contribution in [0.15, 0.2) is 0 Å². The van der Waals surface area contributed by atoms with Crippen molar-refractivity contribution in [3.63, 3.8) is 0 Å². The molecule has 6 heavy (non-hydrogen) atoms. The quantitative estimate of drug-likeness (QED) is 0.388. The van der Waals surface area contributed by atoms with Crippen molar-refractivity contribution in [2.75, 3.05) is 0 Å². The average Bonchev–Trinajstić information content (AvgIpc) is 0. The molecule has 0 aromatic rings. The van der Waals surface area contributed by atoms with Crippen LogP contribution in [0.2, 0.25) is 0 Å². The van der Waals surface area contributed by atoms with Gasteiger partial charge in [0, 0.05) is 33.6 Å². The molecule has 6 heteroatoms. The van der Waals surface area contributed by atoms with E-state index in [2.05, 4.69) is 0 Å². The molecule has 0 saturated heterocycles. The van der Waals surface area contributed by atoms with Crippen molar-refractivity contribution < 1.29 is 55.5 Å². The maximum atomic E-state index is 0. The molecule has 0 amide bonds. The zero-order valence-corrected chi connectivity index (χ0v) is 4.68. The summed E-state index contributed by atoms with van der Waals surface area (Å²) < 4.78 is 0. The van der Waals surface area contributed by atoms with Gasteiger partial charge in [0.05, 0.1) is 0 Å². The number of hydrogen-bond acceptors (Lipinski definition) is 0. The van der Waals surface area contributed by atoms with E-state index in [0.717, 1.165) is 0 Å². The van der Waals surface area contributed by atoms with Crippen LogP contribution in [0.1, 0.15) is 0 Å². The molecule has 0 aliphatic carbocycles. The fraction of sp³-hybridized carbons (Fsp3) is 0. The van der Waals surface area contributed by atoms with Crippen molar-refractivity contribution >= 4 is 0 Å². The Kier molecular flexibility index (Phi) is 10200. The third kappa shape index (κ3) is 99.0. The van der Waals surface area contributed by atoms with Crippen LogP contribution in [0, 0.1) is 0 Å². The first-order valence-corrected chi connectivity index (χ1v) is 0. The van der Waals surface area contributed by atoms with Gasteiger partial charge < -0.3 is 21.9 Å². The first-order valence-electron chi connectivity index (χ1n) is 0. The van der Waals surface area contributed by atoms with Gasteiger partial charge in [-0.25, -0.2) is 0 Å². The van der Waals surface area contributed by atoms with Crippen molar-refractivity contribution in [3.8, 4) is 0 Å². The maximum absolute atomic E-state index is 0. The van der Waals surface area contributed by atoms with Gasteiger partial charge in [-0.2, -0.15) is 0 Å². The molecule has 0 atom stereocenters. The Morgan fingerprint density at radius 2 is 0.667 bits per heavy atom. The van der Waals surface area contributed by atoms with E-state index < -0.39 is 0 Å². The molecule has 0 saturated carbocycles. The van der Waals surface area contributed by atoms with Crippen molar-refractivity contribution in [3.05, 3.63) is 0 Å². The second kappa shape index (κ2) is 189. The van der Waals surface area contributed by atoms with Gasteiger partial charge in [0.25, 0.3) is 0 Å². The molecule has 0 unspecified atom stereocenters. The molecular weight excluding hydrogens is 178 g/mol. The van der Waals surface area contributed by atoms with Crippen molar-refractivity contribution in [1.82, 2.24) is 0 Å². The zero-order valence-electron chi connectivity index (χ0n) is 2.51. The minimum absolute atomic E-state index is 0. The fourth-order valence-electron chi connectivity index (χ4n) is 0. The Morgan fingerprint density at radius 3 is 0.667 bits per heavy atom. The number of rotatable bonds is 0. The minimum atomic E-state index is 0. The summed E-state index contributed by atoms with van der Waals surface area (Å²) >= 11 is 0. The monoisotopic (exact) mass is 181 g/mol. The van der Waals surface area contributed by atoms with Gasteiger partial charge in [-0.1, -0.05) is 0 Å². The van der Waals surface area contributed by atoms with E-state index in [4.69, 9.17) is 0 Å². The zero-order chi connectivity index (χ0) is 0. The van der Waals surface area contributed by atoms with Crippen molar-refractivity contribution in [2.45, 2.75) is 0 Å². The molecule has 0 aliphatic rings. The molecule has 0 rings (SSSR count). The van der Waals surface area contributed by atoms with E-state index in [1.165, 1.54) is 0 Å². The van der Waals surface area contributed by atoms with Crippen LogP contribution in [0.4, 0.5) is 0 Å². The van der Waals surface area contributed by atoms with Gasteiger partial charge in [-0.3, -0.25) is 0 Å². The van der Waals surface area contributed by atoms with E-state index >= 15 is 0 Å². The van der Waals surface area contributed by atoms with Gasteiger partial charge in [-0.15, -0.1) is 0 Å². The van der Waals surface area contributed by atoms with Crippen LogP contribution >= 0.6 is 0 Å². The molecule has 0 aliphatic heterocycles. The summed E-state index contributed by atoms with van der Waals surface area (Å²) in [5.74, 6) is 0. The SMILES string of the molecule is O.O.[Mn].[Ni].[O-2].[O-2]. The van der Waals surface area contributed by atoms with Crippen molar-refractivity contribution in [1.29, 1.82) is 0 Å². The summed E-state index contributed by atoms with van der Waals surface area (Å²) in [6, 6.07) is 0. The normalized spacial score (nSPS) is 0. The molecule has 4 N–H and O–H groups in total. The second-order valence-corrected chi connectivity index (χ2v) is 0. The van der Waals surface area contributed by atoms with Gasteiger partial charge in [0.1, 0.15) is 0 Å². The van der Waals surface area contributed by atoms with Crippen LogP contribution < -0.4 is 0 Å². The minimum Gasteiger partial charge on any atom is -2.00 e. The predicted octanol–water partition coefficient (Wildman–Crippen LogP) is -1.89. The molecule has 0 aromatic heterocycles. The molecule has 0 bridgehead atoms. The van der Waals surface area contributed by atoms with Gasteiger partial charge >= 0.3 is 0 Å². The molecule has 0 aromatic carbocycles. The summed E-state index contributed by atoms with van der Waals surface area (Å²) in [5.41, 5.74) is 0. The standard InChI is InChI=1S/Mn.Ni.2H2O.2O/h;;2*1H2;;/q;;;;2*-2. The van der Waals surface area contributed by atoms with Gasteiger partial charge in [-0.05, 0) is 0 Å². The van der Waals surface area contributed by atoms with E-state index in [0.29, 0.717) is 0 Å². The van der Waals surface area contributed by atoms with E-state index in [1.54, 1.807) is 0 Å². The second-order valence-electron chi connectivity index (χ2n) is 0. The smallest absolute Gasteiger partial charge is 0 e. The summed E-state index contributed by atoms with van der Waals surface area (Å²) in [5, 5.41) is 0. The first-order chi connectivity index (χ1) is 0. The molecule has 0 heterocycles. The Morgan fingerprint density at radius 1 is 0.667 bits per heavy atom. The predicted molar refractivity (Wildman–Crippen MR) is 8.60 cm³/mol. The third-order valence-electron chi connectivity index (χ3n) is 0. The Balaban J connectivity index is 0. The first kappa shape index (κ1) is 323. The number of hydrogen-bond donors (Lipinski definition) is 0. The van der Waals surface area contributed by atoms with Crippen LogP contribution in [0.25, 0.3) is 0 Å². The van der Waals surface area contributed by atoms with Crippen LogP contribution in [-0.2, 0) is 44.5 Å². The molecule has 0 fully saturated rings. The van der Waals surface area contributed by atoms with Gasteiger partial charge in [0.15, 0.2) is 0 Å². The Bertz CT molecular complexity index is 7.51. The van der Waals surface area contributed by atoms with E-state index in [-0.39, 0.29) is 55.5 Å². The van der Waals surface area contributed by atoms with Crippen LogP contribution in [0.3, 0.4) is 0 Å². The van der Waals surface area contributed by atoms with E-state index in [9.17, 15) is 0 Å². The maximum Gasteiger partial charge on any atom is 0 e. The molecule has 49 valence electrons. The Labute approximate surface area is 55.9 Å². The van der Waals surface area contributed by atoms with Crippen LogP contribution in [-0.4, -0.2) is 11.0 Å². The topological polar surface area (TPSA) is 120 Å². The summed E-state index contributed by atoms with van der Waals surface area (Å²) in [6.07, 6.45) is 0. The largest absolute Gasteiger partial charge is 2.00 e. The fourth-order valence-corrected chi connectivity index (χ4v) is 0. The van der Waals surface area contributed by atoms with Gasteiger partial charge in [0.2, 0.25) is 0 Å². The molecular formula is H4MnNiO4-4. The summed E-state index contributed by atoms with van der Waals surface area (Å²) in [4.78, 5) is 0. The summed E-state index contributed by atoms with van der Waals surface area (Å²) in [6.45, 7) is 0. The van der Waals surface area contributed by atoms with Crippen molar-refractivity contribution in [2.24, 2.45) is 0 Å². The van der Waals surface area contributed by atoms with E-state index in [1.807, 2.05) is 0 Å². The third-order valence-corrected chi connectivity index (χ3v) is 0. The molecule has 4 nitrogen and oxygen atoms in total. The molecule has 0 spiro atoms. The summed E-state index contributed by atoms with van der Waals surface area (Å²) in [7, 11) is 0. The van der Waals surface area contributed by atoms with Crippen LogP contribution in [0.5, 0.6) is 0 Å². The Hall–Kier alpha value is 0.853. The molecule has 1 radical (unpaired) electrons.